The van der Waals surface area contributed by atoms with Crippen molar-refractivity contribution in [2.45, 2.75) is 38.1 Å². The van der Waals surface area contributed by atoms with Crippen molar-refractivity contribution in [3.8, 4) is 0 Å². The molecule has 0 spiro atoms. The average Bonchev–Trinajstić information content (AvgIpc) is 2.34. The van der Waals surface area contributed by atoms with Gasteiger partial charge in [0.1, 0.15) is 17.5 Å². The molecule has 1 unspecified atom stereocenters. The molecule has 1 aliphatic carbocycles. The Hall–Kier alpha value is -1.03. The van der Waals surface area contributed by atoms with E-state index in [1.54, 1.807) is 7.05 Å². The molecule has 0 bridgehead atoms. The molecule has 0 saturated heterocycles. The van der Waals surface area contributed by atoms with E-state index in [2.05, 4.69) is 5.32 Å². The first kappa shape index (κ1) is 13.4. The van der Waals surface area contributed by atoms with Crippen molar-refractivity contribution >= 4 is 0 Å². The minimum absolute atomic E-state index is 0.0224. The van der Waals surface area contributed by atoms with Crippen molar-refractivity contribution in [2.75, 3.05) is 7.05 Å². The van der Waals surface area contributed by atoms with Crippen molar-refractivity contribution in [1.82, 2.24) is 5.32 Å². The van der Waals surface area contributed by atoms with Gasteiger partial charge in [0.05, 0.1) is 0 Å². The third kappa shape index (κ3) is 2.69. The Bertz CT molecular complexity index is 390. The van der Waals surface area contributed by atoms with Gasteiger partial charge in [-0.25, -0.2) is 13.2 Å². The van der Waals surface area contributed by atoms with Crippen molar-refractivity contribution < 1.29 is 13.2 Å². The molecule has 1 fully saturated rings. The van der Waals surface area contributed by atoms with Gasteiger partial charge in [-0.2, -0.15) is 0 Å². The second-order valence-electron chi connectivity index (χ2n) is 4.95. The van der Waals surface area contributed by atoms with E-state index in [1.165, 1.54) is 6.42 Å². The largest absolute Gasteiger partial charge is 0.313 e. The predicted molar refractivity (Wildman–Crippen MR) is 64.7 cm³/mol. The van der Waals surface area contributed by atoms with E-state index in [-0.39, 0.29) is 17.5 Å². The monoisotopic (exact) mass is 257 g/mol. The van der Waals surface area contributed by atoms with Crippen LogP contribution in [0.2, 0.25) is 0 Å². The molecule has 1 aliphatic rings. The highest BCUT2D eigenvalue weighted by Crippen LogP contribution is 2.36. The zero-order valence-electron chi connectivity index (χ0n) is 10.5. The van der Waals surface area contributed by atoms with Crippen LogP contribution in [-0.4, -0.2) is 7.05 Å². The number of benzene rings is 1. The lowest BCUT2D eigenvalue weighted by Crippen LogP contribution is -2.28. The summed E-state index contributed by atoms with van der Waals surface area (Å²) in [5.74, 6) is -2.24. The summed E-state index contributed by atoms with van der Waals surface area (Å²) < 4.78 is 40.5. The molecule has 2 rings (SSSR count). The summed E-state index contributed by atoms with van der Waals surface area (Å²) in [4.78, 5) is 0. The highest BCUT2D eigenvalue weighted by atomic mass is 19.1. The normalized spacial score (nSPS) is 18.9. The van der Waals surface area contributed by atoms with Crippen LogP contribution >= 0.6 is 0 Å². The first-order valence-corrected chi connectivity index (χ1v) is 6.45. The average molecular weight is 257 g/mol. The summed E-state index contributed by atoms with van der Waals surface area (Å²) >= 11 is 0. The fraction of sp³-hybridized carbons (Fsp3) is 0.571. The molecule has 1 nitrogen and oxygen atoms in total. The SMILES string of the molecule is CNC(c1c(F)cc(F)cc1F)C1CCCCC1. The molecule has 0 aliphatic heterocycles. The van der Waals surface area contributed by atoms with Gasteiger partial charge in [-0.05, 0) is 25.8 Å². The molecule has 0 heterocycles. The molecule has 1 aromatic carbocycles. The molecule has 0 aromatic heterocycles. The first-order valence-electron chi connectivity index (χ1n) is 6.45. The van der Waals surface area contributed by atoms with Gasteiger partial charge in [0, 0.05) is 23.7 Å². The number of hydrogen-bond donors (Lipinski definition) is 1. The van der Waals surface area contributed by atoms with Crippen LogP contribution in [0.15, 0.2) is 12.1 Å². The van der Waals surface area contributed by atoms with E-state index in [4.69, 9.17) is 0 Å². The maximum atomic E-state index is 13.8. The Morgan fingerprint density at radius 3 is 2.11 bits per heavy atom. The van der Waals surface area contributed by atoms with E-state index in [0.717, 1.165) is 37.8 Å². The second-order valence-corrected chi connectivity index (χ2v) is 4.95. The summed E-state index contributed by atoms with van der Waals surface area (Å²) in [5.41, 5.74) is -0.0224. The molecule has 1 saturated carbocycles. The number of nitrogens with one attached hydrogen (secondary N) is 1. The summed E-state index contributed by atoms with van der Waals surface area (Å²) in [6.45, 7) is 0. The van der Waals surface area contributed by atoms with Crippen LogP contribution < -0.4 is 5.32 Å². The van der Waals surface area contributed by atoms with Gasteiger partial charge in [-0.1, -0.05) is 19.3 Å². The van der Waals surface area contributed by atoms with Crippen molar-refractivity contribution in [1.29, 1.82) is 0 Å². The standard InChI is InChI=1S/C14H18F3N/c1-18-14(9-5-3-2-4-6-9)13-11(16)7-10(15)8-12(13)17/h7-9,14,18H,2-6H2,1H3. The Balaban J connectivity index is 2.32. The smallest absolute Gasteiger partial charge is 0.133 e. The van der Waals surface area contributed by atoms with Gasteiger partial charge in [0.15, 0.2) is 0 Å². The maximum Gasteiger partial charge on any atom is 0.133 e. The zero-order valence-corrected chi connectivity index (χ0v) is 10.5. The van der Waals surface area contributed by atoms with Crippen molar-refractivity contribution in [2.24, 2.45) is 5.92 Å². The lowest BCUT2D eigenvalue weighted by molar-refractivity contribution is 0.271. The van der Waals surface area contributed by atoms with Gasteiger partial charge < -0.3 is 5.32 Å². The van der Waals surface area contributed by atoms with Gasteiger partial charge in [0.2, 0.25) is 0 Å². The van der Waals surface area contributed by atoms with Crippen LogP contribution in [0.1, 0.15) is 43.7 Å². The summed E-state index contributed by atoms with van der Waals surface area (Å²) in [6, 6.07) is 1.14. The van der Waals surface area contributed by atoms with Crippen LogP contribution in [-0.2, 0) is 0 Å². The molecule has 0 amide bonds. The van der Waals surface area contributed by atoms with E-state index >= 15 is 0 Å². The topological polar surface area (TPSA) is 12.0 Å². The molecule has 1 aromatic rings. The molecular weight excluding hydrogens is 239 g/mol. The summed E-state index contributed by atoms with van der Waals surface area (Å²) in [7, 11) is 1.70. The maximum absolute atomic E-state index is 13.8. The Morgan fingerprint density at radius 1 is 1.06 bits per heavy atom. The van der Waals surface area contributed by atoms with Crippen molar-refractivity contribution in [3.63, 3.8) is 0 Å². The first-order chi connectivity index (χ1) is 8.63. The van der Waals surface area contributed by atoms with Gasteiger partial charge in [-0.3, -0.25) is 0 Å². The number of halogens is 3. The third-order valence-corrected chi connectivity index (χ3v) is 3.79. The Morgan fingerprint density at radius 2 is 1.61 bits per heavy atom. The van der Waals surface area contributed by atoms with Crippen LogP contribution in [0.5, 0.6) is 0 Å². The van der Waals surface area contributed by atoms with E-state index in [9.17, 15) is 13.2 Å². The molecule has 1 atom stereocenters. The fourth-order valence-electron chi connectivity index (χ4n) is 2.93. The van der Waals surface area contributed by atoms with Gasteiger partial charge in [-0.15, -0.1) is 0 Å². The Labute approximate surface area is 105 Å². The third-order valence-electron chi connectivity index (χ3n) is 3.79. The molecular formula is C14H18F3N. The van der Waals surface area contributed by atoms with E-state index < -0.39 is 17.5 Å². The lowest BCUT2D eigenvalue weighted by Gasteiger charge is -2.30. The molecule has 18 heavy (non-hydrogen) atoms. The number of rotatable bonds is 3. The van der Waals surface area contributed by atoms with Crippen LogP contribution in [0.4, 0.5) is 13.2 Å². The van der Waals surface area contributed by atoms with Crippen LogP contribution in [0, 0.1) is 23.4 Å². The minimum atomic E-state index is -0.868. The fourth-order valence-corrected chi connectivity index (χ4v) is 2.93. The Kier molecular flexibility index (Phi) is 4.27. The highest BCUT2D eigenvalue weighted by molar-refractivity contribution is 5.25. The van der Waals surface area contributed by atoms with E-state index in [0.29, 0.717) is 0 Å². The second kappa shape index (κ2) is 5.74. The van der Waals surface area contributed by atoms with E-state index in [1.807, 2.05) is 0 Å². The summed E-state index contributed by atoms with van der Waals surface area (Å²) in [6.07, 6.45) is 5.28. The quantitative estimate of drug-likeness (QED) is 0.864. The van der Waals surface area contributed by atoms with Crippen LogP contribution in [0.3, 0.4) is 0 Å². The van der Waals surface area contributed by atoms with Crippen molar-refractivity contribution in [3.05, 3.63) is 35.1 Å². The summed E-state index contributed by atoms with van der Waals surface area (Å²) in [5, 5.41) is 2.99. The van der Waals surface area contributed by atoms with Gasteiger partial charge in [0.25, 0.3) is 0 Å². The molecule has 100 valence electrons. The lowest BCUT2D eigenvalue weighted by atomic mass is 9.81. The minimum Gasteiger partial charge on any atom is -0.313 e. The predicted octanol–water partition coefficient (Wildman–Crippen LogP) is 3.94. The molecule has 0 radical (unpaired) electrons. The van der Waals surface area contributed by atoms with Gasteiger partial charge >= 0.3 is 0 Å². The van der Waals surface area contributed by atoms with Crippen LogP contribution in [0.25, 0.3) is 0 Å². The molecule has 1 N–H and O–H groups in total. The number of hydrogen-bond acceptors (Lipinski definition) is 1. The molecule has 4 heteroatoms. The highest BCUT2D eigenvalue weighted by Gasteiger charge is 2.28. The zero-order chi connectivity index (χ0) is 13.1.